The molecule has 1 aromatic carbocycles. The van der Waals surface area contributed by atoms with Crippen molar-refractivity contribution >= 4 is 16.8 Å². The van der Waals surface area contributed by atoms with Gasteiger partial charge in [-0.15, -0.1) is 0 Å². The largest absolute Gasteiger partial charge is 0.393 e. The molecule has 1 fully saturated rings. The van der Waals surface area contributed by atoms with E-state index in [4.69, 9.17) is 0 Å². The van der Waals surface area contributed by atoms with Crippen LogP contribution in [0.5, 0.6) is 0 Å². The van der Waals surface area contributed by atoms with Gasteiger partial charge in [0.2, 0.25) is 5.91 Å². The van der Waals surface area contributed by atoms with Crippen molar-refractivity contribution in [3.8, 4) is 0 Å². The van der Waals surface area contributed by atoms with E-state index >= 15 is 0 Å². The number of nitrogens with one attached hydrogen (secondary N) is 1. The minimum atomic E-state index is -0.179. The molecule has 0 aliphatic heterocycles. The highest BCUT2D eigenvalue weighted by Crippen LogP contribution is 2.24. The zero-order chi connectivity index (χ0) is 16.2. The van der Waals surface area contributed by atoms with E-state index in [-0.39, 0.29) is 12.0 Å². The fraction of sp³-hybridized carbons (Fsp3) is 0.526. The van der Waals surface area contributed by atoms with Gasteiger partial charge in [0.25, 0.3) is 0 Å². The molecule has 1 aliphatic carbocycles. The summed E-state index contributed by atoms with van der Waals surface area (Å²) in [6, 6.07) is 8.30. The summed E-state index contributed by atoms with van der Waals surface area (Å²) in [7, 11) is 2.04. The first-order valence-corrected chi connectivity index (χ1v) is 8.61. The molecule has 0 radical (unpaired) electrons. The van der Waals surface area contributed by atoms with Crippen molar-refractivity contribution in [2.75, 3.05) is 6.54 Å². The van der Waals surface area contributed by atoms with E-state index in [1.54, 1.807) is 0 Å². The van der Waals surface area contributed by atoms with E-state index in [9.17, 15) is 9.90 Å². The number of benzene rings is 1. The fourth-order valence-corrected chi connectivity index (χ4v) is 3.67. The number of hydrogen-bond donors (Lipinski definition) is 2. The molecule has 1 amide bonds. The molecule has 4 heteroatoms. The van der Waals surface area contributed by atoms with E-state index in [0.29, 0.717) is 18.9 Å². The summed E-state index contributed by atoms with van der Waals surface area (Å²) >= 11 is 0. The van der Waals surface area contributed by atoms with Gasteiger partial charge in [-0.1, -0.05) is 24.6 Å². The first-order chi connectivity index (χ1) is 11.1. The second-order valence-electron chi connectivity index (χ2n) is 6.77. The lowest BCUT2D eigenvalue weighted by molar-refractivity contribution is -0.121. The summed E-state index contributed by atoms with van der Waals surface area (Å²) in [4.78, 5) is 12.1. The molecule has 2 N–H and O–H groups in total. The van der Waals surface area contributed by atoms with Crippen LogP contribution in [-0.4, -0.2) is 28.2 Å². The number of amides is 1. The van der Waals surface area contributed by atoms with Gasteiger partial charge >= 0.3 is 0 Å². The van der Waals surface area contributed by atoms with Gasteiger partial charge in [-0.25, -0.2) is 0 Å². The molecule has 1 heterocycles. The van der Waals surface area contributed by atoms with Crippen molar-refractivity contribution in [1.82, 2.24) is 9.88 Å². The van der Waals surface area contributed by atoms with Crippen LogP contribution in [0.4, 0.5) is 0 Å². The van der Waals surface area contributed by atoms with Gasteiger partial charge in [0.05, 0.1) is 6.10 Å². The van der Waals surface area contributed by atoms with E-state index in [2.05, 4.69) is 28.2 Å². The molecule has 3 rings (SSSR count). The van der Waals surface area contributed by atoms with Gasteiger partial charge < -0.3 is 15.0 Å². The second-order valence-corrected chi connectivity index (χ2v) is 6.77. The number of hydrogen-bond acceptors (Lipinski definition) is 2. The van der Waals surface area contributed by atoms with Crippen LogP contribution in [0.15, 0.2) is 30.5 Å². The third-order valence-corrected chi connectivity index (χ3v) is 4.94. The SMILES string of the molecule is Cn1cc(CCC(=O)NCC2CCCC(O)C2)c2ccccc21. The third-order valence-electron chi connectivity index (χ3n) is 4.94. The van der Waals surface area contributed by atoms with E-state index in [0.717, 1.165) is 32.1 Å². The molecule has 1 aliphatic rings. The number of aliphatic hydroxyl groups excluding tert-OH is 1. The molecule has 1 saturated carbocycles. The molecule has 23 heavy (non-hydrogen) atoms. The van der Waals surface area contributed by atoms with Crippen LogP contribution in [0.1, 0.15) is 37.7 Å². The Kier molecular flexibility index (Phi) is 5.01. The van der Waals surface area contributed by atoms with Crippen molar-refractivity contribution in [2.45, 2.75) is 44.6 Å². The van der Waals surface area contributed by atoms with Crippen molar-refractivity contribution in [3.63, 3.8) is 0 Å². The molecule has 2 atom stereocenters. The monoisotopic (exact) mass is 314 g/mol. The van der Waals surface area contributed by atoms with Crippen LogP contribution in [-0.2, 0) is 18.3 Å². The number of carbonyl (C=O) groups excluding carboxylic acids is 1. The zero-order valence-electron chi connectivity index (χ0n) is 13.8. The van der Waals surface area contributed by atoms with Gasteiger partial charge in [0.1, 0.15) is 0 Å². The summed E-state index contributed by atoms with van der Waals surface area (Å²) in [6.45, 7) is 0.700. The number of aromatic nitrogens is 1. The number of aryl methyl sites for hydroxylation is 2. The van der Waals surface area contributed by atoms with Crippen LogP contribution in [0, 0.1) is 5.92 Å². The van der Waals surface area contributed by atoms with E-state index < -0.39 is 0 Å². The molecule has 124 valence electrons. The molecule has 1 aromatic heterocycles. The van der Waals surface area contributed by atoms with Crippen LogP contribution in [0.2, 0.25) is 0 Å². The fourth-order valence-electron chi connectivity index (χ4n) is 3.67. The van der Waals surface area contributed by atoms with Crippen molar-refractivity contribution < 1.29 is 9.90 Å². The topological polar surface area (TPSA) is 54.3 Å². The molecule has 0 bridgehead atoms. The van der Waals surface area contributed by atoms with E-state index in [1.165, 1.54) is 16.5 Å². The predicted molar refractivity (Wildman–Crippen MR) is 92.2 cm³/mol. The summed E-state index contributed by atoms with van der Waals surface area (Å²) in [6.07, 6.45) is 7.13. The summed E-state index contributed by atoms with van der Waals surface area (Å²) in [5.74, 6) is 0.540. The minimum Gasteiger partial charge on any atom is -0.393 e. The molecule has 4 nitrogen and oxygen atoms in total. The molecule has 0 saturated heterocycles. The highest BCUT2D eigenvalue weighted by atomic mass is 16.3. The molecule has 2 unspecified atom stereocenters. The van der Waals surface area contributed by atoms with Crippen molar-refractivity contribution in [1.29, 1.82) is 0 Å². The van der Waals surface area contributed by atoms with Crippen LogP contribution in [0.3, 0.4) is 0 Å². The summed E-state index contributed by atoms with van der Waals surface area (Å²) in [5.41, 5.74) is 2.44. The smallest absolute Gasteiger partial charge is 0.220 e. The van der Waals surface area contributed by atoms with Crippen molar-refractivity contribution in [3.05, 3.63) is 36.0 Å². The summed E-state index contributed by atoms with van der Waals surface area (Å²) in [5, 5.41) is 14.0. The Labute approximate surface area is 137 Å². The maximum Gasteiger partial charge on any atom is 0.220 e. The molecule has 0 spiro atoms. The van der Waals surface area contributed by atoms with Crippen molar-refractivity contribution in [2.24, 2.45) is 13.0 Å². The molecular weight excluding hydrogens is 288 g/mol. The average molecular weight is 314 g/mol. The maximum atomic E-state index is 12.1. The maximum absolute atomic E-state index is 12.1. The highest BCUT2D eigenvalue weighted by molar-refractivity contribution is 5.84. The van der Waals surface area contributed by atoms with E-state index in [1.807, 2.05) is 19.2 Å². The first kappa shape index (κ1) is 16.1. The Bertz CT molecular complexity index is 677. The standard InChI is InChI=1S/C19H26N2O2/c1-21-13-15(17-7-2-3-8-18(17)21)9-10-19(23)20-12-14-5-4-6-16(22)11-14/h2-3,7-8,13-14,16,22H,4-6,9-12H2,1H3,(H,20,23). The first-order valence-electron chi connectivity index (χ1n) is 8.61. The predicted octanol–water partition coefficient (Wildman–Crippen LogP) is 2.78. The lowest BCUT2D eigenvalue weighted by atomic mass is 9.87. The number of nitrogens with zero attached hydrogens (tertiary/aromatic N) is 1. The Hall–Kier alpha value is -1.81. The lowest BCUT2D eigenvalue weighted by Gasteiger charge is -2.25. The van der Waals surface area contributed by atoms with Crippen LogP contribution >= 0.6 is 0 Å². The Morgan fingerprint density at radius 3 is 3.00 bits per heavy atom. The van der Waals surface area contributed by atoms with Gasteiger partial charge in [0, 0.05) is 37.1 Å². The minimum absolute atomic E-state index is 0.109. The number of fused-ring (bicyclic) bond motifs is 1. The second kappa shape index (κ2) is 7.18. The Balaban J connectivity index is 1.50. The van der Waals surface area contributed by atoms with Gasteiger partial charge in [-0.3, -0.25) is 4.79 Å². The Morgan fingerprint density at radius 2 is 2.17 bits per heavy atom. The third kappa shape index (κ3) is 3.94. The molecular formula is C19H26N2O2. The summed E-state index contributed by atoms with van der Waals surface area (Å²) < 4.78 is 2.12. The Morgan fingerprint density at radius 1 is 1.35 bits per heavy atom. The highest BCUT2D eigenvalue weighted by Gasteiger charge is 2.20. The van der Waals surface area contributed by atoms with Gasteiger partial charge in [-0.05, 0) is 43.2 Å². The van der Waals surface area contributed by atoms with Gasteiger partial charge in [0.15, 0.2) is 0 Å². The van der Waals surface area contributed by atoms with Crippen LogP contribution < -0.4 is 5.32 Å². The quantitative estimate of drug-likeness (QED) is 0.891. The average Bonchev–Trinajstić information content (AvgIpc) is 2.88. The number of carbonyl (C=O) groups is 1. The van der Waals surface area contributed by atoms with Crippen LogP contribution in [0.25, 0.3) is 10.9 Å². The lowest BCUT2D eigenvalue weighted by Crippen LogP contribution is -2.33. The number of rotatable bonds is 5. The number of aliphatic hydroxyl groups is 1. The zero-order valence-corrected chi connectivity index (χ0v) is 13.8. The normalized spacial score (nSPS) is 21.5. The van der Waals surface area contributed by atoms with Gasteiger partial charge in [-0.2, -0.15) is 0 Å². The molecule has 2 aromatic rings. The number of para-hydroxylation sites is 1.